The third-order valence-electron chi connectivity index (χ3n) is 2.38. The van der Waals surface area contributed by atoms with Gasteiger partial charge < -0.3 is 9.84 Å². The Morgan fingerprint density at radius 3 is 2.59 bits per heavy atom. The van der Waals surface area contributed by atoms with Crippen LogP contribution in [0.2, 0.25) is 5.02 Å². The molecule has 17 heavy (non-hydrogen) atoms. The highest BCUT2D eigenvalue weighted by atomic mass is 35.5. The maximum Gasteiger partial charge on any atom is 0.302 e. The van der Waals surface area contributed by atoms with E-state index in [-0.39, 0.29) is 6.61 Å². The van der Waals surface area contributed by atoms with E-state index in [4.69, 9.17) is 16.3 Å². The van der Waals surface area contributed by atoms with Crippen LogP contribution < -0.4 is 0 Å². The highest BCUT2D eigenvalue weighted by Gasteiger charge is 2.29. The zero-order valence-corrected chi connectivity index (χ0v) is 10.4. The summed E-state index contributed by atoms with van der Waals surface area (Å²) >= 11 is 5.78. The Labute approximate surface area is 106 Å². The number of hydrogen-bond donors (Lipinski definition) is 1. The van der Waals surface area contributed by atoms with Gasteiger partial charge in [0.1, 0.15) is 12.2 Å². The lowest BCUT2D eigenvalue weighted by Gasteiger charge is -2.26. The van der Waals surface area contributed by atoms with Crippen LogP contribution in [0.3, 0.4) is 0 Å². The summed E-state index contributed by atoms with van der Waals surface area (Å²) in [6.07, 6.45) is 1.88. The van der Waals surface area contributed by atoms with Crippen LogP contribution in [0.1, 0.15) is 18.9 Å². The predicted molar refractivity (Wildman–Crippen MR) is 66.8 cm³/mol. The zero-order chi connectivity index (χ0) is 12.9. The predicted octanol–water partition coefficient (Wildman–Crippen LogP) is 2.67. The van der Waals surface area contributed by atoms with E-state index in [0.29, 0.717) is 17.0 Å². The number of halogens is 1. The molecule has 0 aromatic heterocycles. The molecule has 92 valence electrons. The molecule has 1 aromatic carbocycles. The Balaban J connectivity index is 2.93. The fourth-order valence-corrected chi connectivity index (χ4v) is 1.61. The average molecular weight is 255 g/mol. The van der Waals surface area contributed by atoms with Crippen LogP contribution in [0, 0.1) is 0 Å². The molecule has 1 aromatic rings. The average Bonchev–Trinajstić information content (AvgIpc) is 2.28. The van der Waals surface area contributed by atoms with Crippen molar-refractivity contribution >= 4 is 17.6 Å². The van der Waals surface area contributed by atoms with Crippen molar-refractivity contribution in [2.24, 2.45) is 0 Å². The summed E-state index contributed by atoms with van der Waals surface area (Å²) in [6, 6.07) is 6.77. The van der Waals surface area contributed by atoms with Gasteiger partial charge in [-0.1, -0.05) is 29.8 Å². The number of esters is 1. The number of benzene rings is 1. The Bertz CT molecular complexity index is 400. The fourth-order valence-electron chi connectivity index (χ4n) is 1.48. The van der Waals surface area contributed by atoms with E-state index in [9.17, 15) is 9.90 Å². The molecule has 0 aliphatic carbocycles. The van der Waals surface area contributed by atoms with Crippen LogP contribution in [0.25, 0.3) is 0 Å². The molecule has 0 amide bonds. The third-order valence-corrected chi connectivity index (χ3v) is 2.63. The minimum atomic E-state index is -1.25. The lowest BCUT2D eigenvalue weighted by Crippen LogP contribution is -2.32. The van der Waals surface area contributed by atoms with Crippen molar-refractivity contribution in [2.75, 3.05) is 6.61 Å². The molecule has 0 fully saturated rings. The van der Waals surface area contributed by atoms with Gasteiger partial charge in [-0.2, -0.15) is 0 Å². The summed E-state index contributed by atoms with van der Waals surface area (Å²) in [5.41, 5.74) is -0.610. The molecule has 0 saturated heterocycles. The molecule has 4 heteroatoms. The highest BCUT2D eigenvalue weighted by molar-refractivity contribution is 6.30. The van der Waals surface area contributed by atoms with Crippen LogP contribution in [0.5, 0.6) is 0 Å². The van der Waals surface area contributed by atoms with Crippen molar-refractivity contribution in [1.82, 2.24) is 0 Å². The molecular weight excluding hydrogens is 240 g/mol. The summed E-state index contributed by atoms with van der Waals surface area (Å²) in [5, 5.41) is 11.0. The molecular formula is C13H15ClO3. The van der Waals surface area contributed by atoms with Gasteiger partial charge in [-0.15, -0.1) is 6.58 Å². The largest absolute Gasteiger partial charge is 0.462 e. The van der Waals surface area contributed by atoms with Gasteiger partial charge in [0.2, 0.25) is 0 Å². The first kappa shape index (κ1) is 13.7. The summed E-state index contributed by atoms with van der Waals surface area (Å²) in [6.45, 7) is 4.79. The van der Waals surface area contributed by atoms with Crippen molar-refractivity contribution in [3.8, 4) is 0 Å². The number of aliphatic hydroxyl groups is 1. The van der Waals surface area contributed by atoms with Crippen LogP contribution in [0.15, 0.2) is 36.9 Å². The van der Waals surface area contributed by atoms with Gasteiger partial charge in [0.25, 0.3) is 0 Å². The van der Waals surface area contributed by atoms with Crippen LogP contribution in [-0.4, -0.2) is 17.7 Å². The topological polar surface area (TPSA) is 46.5 Å². The smallest absolute Gasteiger partial charge is 0.302 e. The molecule has 1 rings (SSSR count). The van der Waals surface area contributed by atoms with E-state index < -0.39 is 11.6 Å². The van der Waals surface area contributed by atoms with Crippen molar-refractivity contribution in [2.45, 2.75) is 18.9 Å². The second-order valence-electron chi connectivity index (χ2n) is 3.81. The zero-order valence-electron chi connectivity index (χ0n) is 9.65. The lowest BCUT2D eigenvalue weighted by atomic mass is 9.91. The molecule has 0 aliphatic heterocycles. The van der Waals surface area contributed by atoms with E-state index in [0.717, 1.165) is 0 Å². The van der Waals surface area contributed by atoms with Crippen LogP contribution in [0.4, 0.5) is 0 Å². The van der Waals surface area contributed by atoms with E-state index in [1.54, 1.807) is 30.3 Å². The standard InChI is InChI=1S/C13H15ClO3/c1-3-8-13(16,9-17-10(2)15)11-4-6-12(14)7-5-11/h3-7,16H,1,8-9H2,2H3/t13-/m0/s1. The molecule has 0 aliphatic rings. The Hall–Kier alpha value is -1.32. The molecule has 1 atom stereocenters. The molecule has 0 radical (unpaired) electrons. The minimum Gasteiger partial charge on any atom is -0.462 e. The molecule has 3 nitrogen and oxygen atoms in total. The Kier molecular flexibility index (Phi) is 4.73. The first-order chi connectivity index (χ1) is 7.98. The van der Waals surface area contributed by atoms with Gasteiger partial charge in [-0.05, 0) is 17.7 Å². The molecule has 1 N–H and O–H groups in total. The first-order valence-electron chi connectivity index (χ1n) is 5.20. The normalized spacial score (nSPS) is 13.8. The molecule has 0 heterocycles. The Morgan fingerprint density at radius 1 is 1.53 bits per heavy atom. The maximum absolute atomic E-state index is 10.8. The van der Waals surface area contributed by atoms with Crippen molar-refractivity contribution in [3.05, 3.63) is 47.5 Å². The highest BCUT2D eigenvalue weighted by Crippen LogP contribution is 2.27. The van der Waals surface area contributed by atoms with Gasteiger partial charge in [-0.25, -0.2) is 0 Å². The minimum absolute atomic E-state index is 0.101. The van der Waals surface area contributed by atoms with Crippen LogP contribution in [-0.2, 0) is 15.1 Å². The quantitative estimate of drug-likeness (QED) is 0.649. The number of carbonyl (C=O) groups is 1. The van der Waals surface area contributed by atoms with Crippen molar-refractivity contribution < 1.29 is 14.6 Å². The summed E-state index contributed by atoms with van der Waals surface area (Å²) < 4.78 is 4.87. The molecule has 0 saturated carbocycles. The second kappa shape index (κ2) is 5.84. The number of hydrogen-bond acceptors (Lipinski definition) is 3. The summed E-state index contributed by atoms with van der Waals surface area (Å²) in [4.78, 5) is 10.8. The monoisotopic (exact) mass is 254 g/mol. The van der Waals surface area contributed by atoms with Gasteiger partial charge in [0.15, 0.2) is 0 Å². The van der Waals surface area contributed by atoms with E-state index in [1.807, 2.05) is 0 Å². The lowest BCUT2D eigenvalue weighted by molar-refractivity contribution is -0.149. The summed E-state index contributed by atoms with van der Waals surface area (Å²) in [7, 11) is 0. The fraction of sp³-hybridized carbons (Fsp3) is 0.308. The van der Waals surface area contributed by atoms with Crippen molar-refractivity contribution in [1.29, 1.82) is 0 Å². The molecule has 0 unspecified atom stereocenters. The Morgan fingerprint density at radius 2 is 2.12 bits per heavy atom. The first-order valence-corrected chi connectivity index (χ1v) is 5.58. The maximum atomic E-state index is 10.8. The van der Waals surface area contributed by atoms with E-state index >= 15 is 0 Å². The van der Waals surface area contributed by atoms with Gasteiger partial charge >= 0.3 is 5.97 Å². The second-order valence-corrected chi connectivity index (χ2v) is 4.25. The van der Waals surface area contributed by atoms with Crippen molar-refractivity contribution in [3.63, 3.8) is 0 Å². The number of rotatable bonds is 5. The van der Waals surface area contributed by atoms with Crippen LogP contribution >= 0.6 is 11.6 Å². The third kappa shape index (κ3) is 3.88. The van der Waals surface area contributed by atoms with E-state index in [1.165, 1.54) is 6.92 Å². The van der Waals surface area contributed by atoms with Gasteiger partial charge in [-0.3, -0.25) is 4.79 Å². The summed E-state index contributed by atoms with van der Waals surface area (Å²) in [5.74, 6) is -0.429. The van der Waals surface area contributed by atoms with E-state index in [2.05, 4.69) is 6.58 Å². The van der Waals surface area contributed by atoms with Gasteiger partial charge in [0, 0.05) is 18.4 Å². The molecule has 0 bridgehead atoms. The van der Waals surface area contributed by atoms with Gasteiger partial charge in [0.05, 0.1) is 0 Å². The SMILES string of the molecule is C=CC[C@](O)(COC(C)=O)c1ccc(Cl)cc1. The number of carbonyl (C=O) groups excluding carboxylic acids is 1. The number of ether oxygens (including phenoxy) is 1. The molecule has 0 spiro atoms.